The number of ether oxygens (including phenoxy) is 2. The molecule has 0 bridgehead atoms. The lowest BCUT2D eigenvalue weighted by Crippen LogP contribution is -2.34. The Labute approximate surface area is 142 Å². The molecule has 126 valence electrons. The number of carbonyl (C=O) groups is 1. The number of carbonyl (C=O) groups excluding carboxylic acids is 1. The van der Waals surface area contributed by atoms with E-state index in [1.807, 2.05) is 30.3 Å². The lowest BCUT2D eigenvalue weighted by molar-refractivity contribution is 0.0600. The van der Waals surface area contributed by atoms with Crippen molar-refractivity contribution in [2.24, 2.45) is 0 Å². The van der Waals surface area contributed by atoms with Crippen LogP contribution in [0.25, 0.3) is 0 Å². The minimum absolute atomic E-state index is 0.300. The van der Waals surface area contributed by atoms with Gasteiger partial charge in [-0.3, -0.25) is 0 Å². The minimum Gasteiger partial charge on any atom is -0.496 e. The second-order valence-electron chi connectivity index (χ2n) is 6.11. The number of hydrogen-bond donors (Lipinski definition) is 1. The first kappa shape index (κ1) is 16.5. The highest BCUT2D eigenvalue weighted by atomic mass is 16.5. The predicted octanol–water partition coefficient (Wildman–Crippen LogP) is 3.13. The van der Waals surface area contributed by atoms with Crippen LogP contribution in [0.3, 0.4) is 0 Å². The summed E-state index contributed by atoms with van der Waals surface area (Å²) < 4.78 is 10.2. The van der Waals surface area contributed by atoms with Gasteiger partial charge in [-0.05, 0) is 54.2 Å². The van der Waals surface area contributed by atoms with Gasteiger partial charge in [0.2, 0.25) is 0 Å². The molecule has 0 fully saturated rings. The minimum atomic E-state index is -0.300. The third kappa shape index (κ3) is 3.60. The van der Waals surface area contributed by atoms with Crippen LogP contribution in [-0.2, 0) is 24.1 Å². The molecule has 0 saturated heterocycles. The Kier molecular flexibility index (Phi) is 5.16. The van der Waals surface area contributed by atoms with Gasteiger partial charge in [-0.25, -0.2) is 4.79 Å². The van der Waals surface area contributed by atoms with Crippen molar-refractivity contribution in [1.29, 1.82) is 0 Å². The molecule has 0 radical (unpaired) electrons. The van der Waals surface area contributed by atoms with Gasteiger partial charge in [0.15, 0.2) is 0 Å². The maximum atomic E-state index is 11.5. The zero-order chi connectivity index (χ0) is 16.9. The van der Waals surface area contributed by atoms with E-state index in [2.05, 4.69) is 17.4 Å². The molecule has 0 saturated carbocycles. The Bertz CT molecular complexity index is 695. The smallest absolute Gasteiger partial charge is 0.337 e. The van der Waals surface area contributed by atoms with Crippen LogP contribution in [0.15, 0.2) is 42.5 Å². The Hall–Kier alpha value is -2.33. The summed E-state index contributed by atoms with van der Waals surface area (Å²) in [6.07, 6.45) is 3.19. The van der Waals surface area contributed by atoms with Gasteiger partial charge in [-0.1, -0.05) is 24.3 Å². The SMILES string of the molecule is COC(=O)c1ccc(CNC2CCc3cccc(OC)c3C2)cc1. The van der Waals surface area contributed by atoms with Crippen LogP contribution in [0, 0.1) is 0 Å². The summed E-state index contributed by atoms with van der Waals surface area (Å²) in [4.78, 5) is 11.5. The fourth-order valence-electron chi connectivity index (χ4n) is 3.26. The first-order valence-corrected chi connectivity index (χ1v) is 8.26. The lowest BCUT2D eigenvalue weighted by atomic mass is 9.87. The van der Waals surface area contributed by atoms with E-state index in [9.17, 15) is 4.79 Å². The van der Waals surface area contributed by atoms with Gasteiger partial charge in [0.1, 0.15) is 5.75 Å². The zero-order valence-electron chi connectivity index (χ0n) is 14.2. The summed E-state index contributed by atoms with van der Waals surface area (Å²) in [6, 6.07) is 14.3. The second-order valence-corrected chi connectivity index (χ2v) is 6.11. The van der Waals surface area contributed by atoms with Crippen LogP contribution in [-0.4, -0.2) is 26.2 Å². The summed E-state index contributed by atoms with van der Waals surface area (Å²) >= 11 is 0. The van der Waals surface area contributed by atoms with Crippen LogP contribution in [0.4, 0.5) is 0 Å². The van der Waals surface area contributed by atoms with E-state index in [0.29, 0.717) is 11.6 Å². The molecule has 2 aromatic carbocycles. The van der Waals surface area contributed by atoms with Crippen LogP contribution in [0.5, 0.6) is 5.75 Å². The highest BCUT2D eigenvalue weighted by Gasteiger charge is 2.21. The Morgan fingerprint density at radius 1 is 1.17 bits per heavy atom. The number of fused-ring (bicyclic) bond motifs is 1. The molecule has 1 aliphatic carbocycles. The largest absolute Gasteiger partial charge is 0.496 e. The number of aryl methyl sites for hydroxylation is 1. The molecule has 0 spiro atoms. The van der Waals surface area contributed by atoms with E-state index < -0.39 is 0 Å². The van der Waals surface area contributed by atoms with Gasteiger partial charge in [-0.15, -0.1) is 0 Å². The number of nitrogens with one attached hydrogen (secondary N) is 1. The summed E-state index contributed by atoms with van der Waals surface area (Å²) in [5.74, 6) is 0.687. The van der Waals surface area contributed by atoms with Gasteiger partial charge in [-0.2, -0.15) is 0 Å². The molecule has 1 aliphatic rings. The van der Waals surface area contributed by atoms with Crippen molar-refractivity contribution in [2.45, 2.75) is 31.8 Å². The highest BCUT2D eigenvalue weighted by Crippen LogP contribution is 2.29. The molecular weight excluding hydrogens is 302 g/mol. The fourth-order valence-corrected chi connectivity index (χ4v) is 3.26. The summed E-state index contributed by atoms with van der Waals surface area (Å²) in [7, 11) is 3.13. The molecule has 0 aliphatic heterocycles. The molecule has 4 heteroatoms. The molecule has 2 aromatic rings. The number of methoxy groups -OCH3 is 2. The third-order valence-electron chi connectivity index (χ3n) is 4.63. The maximum Gasteiger partial charge on any atom is 0.337 e. The number of benzene rings is 2. The van der Waals surface area contributed by atoms with Crippen molar-refractivity contribution in [2.75, 3.05) is 14.2 Å². The maximum absolute atomic E-state index is 11.5. The van der Waals surface area contributed by atoms with E-state index in [1.54, 1.807) is 7.11 Å². The van der Waals surface area contributed by atoms with Gasteiger partial charge in [0.25, 0.3) is 0 Å². The normalized spacial score (nSPS) is 16.3. The van der Waals surface area contributed by atoms with E-state index >= 15 is 0 Å². The topological polar surface area (TPSA) is 47.6 Å². The van der Waals surface area contributed by atoms with Crippen LogP contribution >= 0.6 is 0 Å². The summed E-state index contributed by atoms with van der Waals surface area (Å²) in [5, 5.41) is 3.62. The average Bonchev–Trinajstić information content (AvgIpc) is 2.65. The fraction of sp³-hybridized carbons (Fsp3) is 0.350. The van der Waals surface area contributed by atoms with Crippen LogP contribution < -0.4 is 10.1 Å². The van der Waals surface area contributed by atoms with E-state index in [-0.39, 0.29) is 5.97 Å². The Balaban J connectivity index is 1.60. The Morgan fingerprint density at radius 2 is 1.96 bits per heavy atom. The number of hydrogen-bond acceptors (Lipinski definition) is 4. The van der Waals surface area contributed by atoms with E-state index in [0.717, 1.165) is 37.1 Å². The predicted molar refractivity (Wildman–Crippen MR) is 93.4 cm³/mol. The third-order valence-corrected chi connectivity index (χ3v) is 4.63. The van der Waals surface area contributed by atoms with Crippen LogP contribution in [0.1, 0.15) is 33.5 Å². The highest BCUT2D eigenvalue weighted by molar-refractivity contribution is 5.89. The van der Waals surface area contributed by atoms with Gasteiger partial charge in [0.05, 0.1) is 19.8 Å². The van der Waals surface area contributed by atoms with Crippen molar-refractivity contribution >= 4 is 5.97 Å². The molecular formula is C20H23NO3. The monoisotopic (exact) mass is 325 g/mol. The van der Waals surface area contributed by atoms with Gasteiger partial charge in [0, 0.05) is 12.6 Å². The second kappa shape index (κ2) is 7.49. The molecule has 1 unspecified atom stereocenters. The molecule has 3 rings (SSSR count). The van der Waals surface area contributed by atoms with Crippen molar-refractivity contribution in [3.8, 4) is 5.75 Å². The van der Waals surface area contributed by atoms with Gasteiger partial charge < -0.3 is 14.8 Å². The molecule has 24 heavy (non-hydrogen) atoms. The molecule has 0 heterocycles. The number of rotatable bonds is 5. The van der Waals surface area contributed by atoms with Crippen molar-refractivity contribution < 1.29 is 14.3 Å². The molecule has 1 atom stereocenters. The van der Waals surface area contributed by atoms with Gasteiger partial charge >= 0.3 is 5.97 Å². The molecule has 4 nitrogen and oxygen atoms in total. The number of esters is 1. The molecule has 0 amide bonds. The van der Waals surface area contributed by atoms with Crippen molar-refractivity contribution in [3.63, 3.8) is 0 Å². The Morgan fingerprint density at radius 3 is 2.67 bits per heavy atom. The van der Waals surface area contributed by atoms with Crippen molar-refractivity contribution in [3.05, 3.63) is 64.7 Å². The molecule has 0 aromatic heterocycles. The summed E-state index contributed by atoms with van der Waals surface area (Å²) in [6.45, 7) is 0.788. The zero-order valence-corrected chi connectivity index (χ0v) is 14.2. The quantitative estimate of drug-likeness (QED) is 0.858. The molecule has 1 N–H and O–H groups in total. The first-order chi connectivity index (χ1) is 11.7. The standard InChI is InChI=1S/C20H23NO3/c1-23-19-5-3-4-15-10-11-17(12-18(15)19)21-13-14-6-8-16(9-7-14)20(22)24-2/h3-9,17,21H,10-13H2,1-2H3. The van der Waals surface area contributed by atoms with E-state index in [4.69, 9.17) is 9.47 Å². The average molecular weight is 325 g/mol. The van der Waals surface area contributed by atoms with E-state index in [1.165, 1.54) is 18.2 Å². The first-order valence-electron chi connectivity index (χ1n) is 8.26. The lowest BCUT2D eigenvalue weighted by Gasteiger charge is -2.27. The van der Waals surface area contributed by atoms with Crippen LogP contribution in [0.2, 0.25) is 0 Å². The summed E-state index contributed by atoms with van der Waals surface area (Å²) in [5.41, 5.74) is 4.46. The van der Waals surface area contributed by atoms with Crippen molar-refractivity contribution in [1.82, 2.24) is 5.32 Å².